The fourth-order valence-corrected chi connectivity index (χ4v) is 3.44. The zero-order chi connectivity index (χ0) is 22.2. The number of aryl methyl sites for hydroxylation is 2. The number of phenols is 2. The van der Waals surface area contributed by atoms with Crippen LogP contribution in [-0.2, 0) is 12.8 Å². The van der Waals surface area contributed by atoms with Crippen molar-refractivity contribution in [1.82, 2.24) is 0 Å². The number of para-hydroxylation sites is 4. The van der Waals surface area contributed by atoms with Gasteiger partial charge in [0.1, 0.15) is 11.5 Å². The minimum Gasteiger partial charge on any atom is -0.507 e. The van der Waals surface area contributed by atoms with E-state index in [1.165, 1.54) is 0 Å². The van der Waals surface area contributed by atoms with Crippen molar-refractivity contribution in [3.8, 4) is 11.5 Å². The summed E-state index contributed by atoms with van der Waals surface area (Å²) in [5, 5.41) is 19.9. The Morgan fingerprint density at radius 2 is 0.875 bits per heavy atom. The Kier molecular flexibility index (Phi) is 6.73. The van der Waals surface area contributed by atoms with E-state index in [1.54, 1.807) is 36.7 Å². The van der Waals surface area contributed by atoms with Gasteiger partial charge in [0, 0.05) is 23.6 Å². The van der Waals surface area contributed by atoms with Gasteiger partial charge < -0.3 is 10.2 Å². The Bertz CT molecular complexity index is 1160. The molecule has 4 aromatic carbocycles. The van der Waals surface area contributed by atoms with E-state index in [4.69, 9.17) is 0 Å². The van der Waals surface area contributed by atoms with E-state index in [1.807, 2.05) is 60.7 Å². The van der Waals surface area contributed by atoms with E-state index in [9.17, 15) is 10.2 Å². The molecule has 0 saturated heterocycles. The molecule has 0 saturated carbocycles. The van der Waals surface area contributed by atoms with Crippen LogP contribution in [0.3, 0.4) is 0 Å². The van der Waals surface area contributed by atoms with E-state index in [0.717, 1.165) is 35.3 Å². The number of aliphatic imine (C=N–C) groups is 2. The van der Waals surface area contributed by atoms with Gasteiger partial charge in [-0.3, -0.25) is 9.98 Å². The maximum absolute atomic E-state index is 9.97. The molecule has 158 valence electrons. The highest BCUT2D eigenvalue weighted by Gasteiger charge is 2.05. The molecule has 2 N–H and O–H groups in total. The summed E-state index contributed by atoms with van der Waals surface area (Å²) < 4.78 is 0. The lowest BCUT2D eigenvalue weighted by Crippen LogP contribution is -1.93. The maximum atomic E-state index is 9.97. The molecule has 0 amide bonds. The minimum atomic E-state index is 0.213. The first-order chi connectivity index (χ1) is 15.7. The molecule has 0 fully saturated rings. The van der Waals surface area contributed by atoms with Crippen molar-refractivity contribution in [2.24, 2.45) is 9.98 Å². The monoisotopic (exact) mass is 420 g/mol. The van der Waals surface area contributed by atoms with Crippen LogP contribution < -0.4 is 0 Å². The Balaban J connectivity index is 1.52. The van der Waals surface area contributed by atoms with Crippen LogP contribution in [0.1, 0.15) is 22.3 Å². The molecule has 0 bridgehead atoms. The summed E-state index contributed by atoms with van der Waals surface area (Å²) in [5.41, 5.74) is 5.38. The summed E-state index contributed by atoms with van der Waals surface area (Å²) in [4.78, 5) is 9.23. The highest BCUT2D eigenvalue weighted by atomic mass is 16.3. The second-order valence-electron chi connectivity index (χ2n) is 7.39. The van der Waals surface area contributed by atoms with Crippen LogP contribution in [0.4, 0.5) is 11.4 Å². The summed E-state index contributed by atoms with van der Waals surface area (Å²) in [5.74, 6) is 0.426. The van der Waals surface area contributed by atoms with Gasteiger partial charge in [-0.05, 0) is 60.4 Å². The average Bonchev–Trinajstić information content (AvgIpc) is 2.83. The lowest BCUT2D eigenvalue weighted by Gasteiger charge is -2.08. The Morgan fingerprint density at radius 1 is 0.500 bits per heavy atom. The molecule has 4 aromatic rings. The molecule has 0 radical (unpaired) electrons. The van der Waals surface area contributed by atoms with Gasteiger partial charge in [-0.1, -0.05) is 60.7 Å². The SMILES string of the molecule is Oc1ccccc1C=Nc1ccccc1CCc1ccccc1N=Cc1ccccc1O. The molecular formula is C28H24N2O2. The molecule has 4 rings (SSSR count). The van der Waals surface area contributed by atoms with Gasteiger partial charge >= 0.3 is 0 Å². The van der Waals surface area contributed by atoms with Crippen LogP contribution in [0, 0.1) is 0 Å². The van der Waals surface area contributed by atoms with E-state index in [0.29, 0.717) is 11.1 Å². The van der Waals surface area contributed by atoms with Crippen LogP contribution in [0.25, 0.3) is 0 Å². The predicted octanol–water partition coefficient (Wildman–Crippen LogP) is 6.38. The van der Waals surface area contributed by atoms with E-state index in [2.05, 4.69) is 22.1 Å². The van der Waals surface area contributed by atoms with Crippen molar-refractivity contribution in [1.29, 1.82) is 0 Å². The number of phenolic OH excluding ortho intramolecular Hbond substituents is 2. The minimum absolute atomic E-state index is 0.213. The molecule has 4 heteroatoms. The van der Waals surface area contributed by atoms with Gasteiger partial charge in [0.25, 0.3) is 0 Å². The molecule has 0 aliphatic heterocycles. The fraction of sp³-hybridized carbons (Fsp3) is 0.0714. The molecular weight excluding hydrogens is 396 g/mol. The molecule has 0 aliphatic carbocycles. The van der Waals surface area contributed by atoms with E-state index >= 15 is 0 Å². The Hall–Kier alpha value is -4.18. The Morgan fingerprint density at radius 3 is 1.31 bits per heavy atom. The topological polar surface area (TPSA) is 65.2 Å². The van der Waals surface area contributed by atoms with Crippen LogP contribution in [0.5, 0.6) is 11.5 Å². The van der Waals surface area contributed by atoms with Crippen molar-refractivity contribution in [3.05, 3.63) is 119 Å². The zero-order valence-electron chi connectivity index (χ0n) is 17.6. The van der Waals surface area contributed by atoms with Crippen LogP contribution in [-0.4, -0.2) is 22.6 Å². The maximum Gasteiger partial charge on any atom is 0.124 e. The van der Waals surface area contributed by atoms with Crippen molar-refractivity contribution >= 4 is 23.8 Å². The fourth-order valence-electron chi connectivity index (χ4n) is 3.44. The van der Waals surface area contributed by atoms with Crippen molar-refractivity contribution in [2.75, 3.05) is 0 Å². The molecule has 0 aromatic heterocycles. The van der Waals surface area contributed by atoms with Gasteiger partial charge in [0.2, 0.25) is 0 Å². The van der Waals surface area contributed by atoms with Crippen LogP contribution in [0.15, 0.2) is 107 Å². The highest BCUT2D eigenvalue weighted by Crippen LogP contribution is 2.25. The molecule has 0 atom stereocenters. The molecule has 0 unspecified atom stereocenters. The standard InChI is InChI=1S/C28H24N2O2/c31-27-15-7-3-11-23(27)19-29-25-13-5-1-9-21(25)17-18-22-10-2-6-14-26(22)30-20-24-12-4-8-16-28(24)32/h1-16,19-20,31-32H,17-18H2. The summed E-state index contributed by atoms with van der Waals surface area (Å²) in [6.45, 7) is 0. The summed E-state index contributed by atoms with van der Waals surface area (Å²) >= 11 is 0. The van der Waals surface area contributed by atoms with Crippen molar-refractivity contribution in [3.63, 3.8) is 0 Å². The molecule has 0 aliphatic rings. The second kappa shape index (κ2) is 10.2. The molecule has 4 nitrogen and oxygen atoms in total. The van der Waals surface area contributed by atoms with Gasteiger partial charge in [0.05, 0.1) is 11.4 Å². The lowest BCUT2D eigenvalue weighted by atomic mass is 10.0. The quantitative estimate of drug-likeness (QED) is 0.341. The molecule has 32 heavy (non-hydrogen) atoms. The third kappa shape index (κ3) is 5.29. The van der Waals surface area contributed by atoms with E-state index in [-0.39, 0.29) is 11.5 Å². The smallest absolute Gasteiger partial charge is 0.124 e. The van der Waals surface area contributed by atoms with Crippen LogP contribution >= 0.6 is 0 Å². The number of hydrogen-bond acceptors (Lipinski definition) is 4. The number of aromatic hydroxyl groups is 2. The molecule has 0 spiro atoms. The van der Waals surface area contributed by atoms with Crippen molar-refractivity contribution < 1.29 is 10.2 Å². The first-order valence-corrected chi connectivity index (χ1v) is 10.5. The normalized spacial score (nSPS) is 11.4. The third-order valence-electron chi connectivity index (χ3n) is 5.21. The average molecular weight is 421 g/mol. The lowest BCUT2D eigenvalue weighted by molar-refractivity contribution is 0.474. The van der Waals surface area contributed by atoms with Gasteiger partial charge in [-0.15, -0.1) is 0 Å². The number of hydrogen-bond donors (Lipinski definition) is 2. The van der Waals surface area contributed by atoms with Gasteiger partial charge in [0.15, 0.2) is 0 Å². The third-order valence-corrected chi connectivity index (χ3v) is 5.21. The Labute approximate surface area is 187 Å². The largest absolute Gasteiger partial charge is 0.507 e. The zero-order valence-corrected chi connectivity index (χ0v) is 17.6. The van der Waals surface area contributed by atoms with E-state index < -0.39 is 0 Å². The molecule has 0 heterocycles. The second-order valence-corrected chi connectivity index (χ2v) is 7.39. The summed E-state index contributed by atoms with van der Waals surface area (Å²) in [6.07, 6.45) is 4.99. The first kappa shape index (κ1) is 21.1. The van der Waals surface area contributed by atoms with Crippen LogP contribution in [0.2, 0.25) is 0 Å². The predicted molar refractivity (Wildman–Crippen MR) is 131 cm³/mol. The summed E-state index contributed by atoms with van der Waals surface area (Å²) in [7, 11) is 0. The first-order valence-electron chi connectivity index (χ1n) is 10.5. The summed E-state index contributed by atoms with van der Waals surface area (Å²) in [6, 6.07) is 30.4. The number of rotatable bonds is 7. The van der Waals surface area contributed by atoms with Gasteiger partial charge in [-0.25, -0.2) is 0 Å². The van der Waals surface area contributed by atoms with Crippen molar-refractivity contribution in [2.45, 2.75) is 12.8 Å². The number of nitrogens with zero attached hydrogens (tertiary/aromatic N) is 2. The number of benzene rings is 4. The highest BCUT2D eigenvalue weighted by molar-refractivity contribution is 5.86. The van der Waals surface area contributed by atoms with Gasteiger partial charge in [-0.2, -0.15) is 0 Å².